The summed E-state index contributed by atoms with van der Waals surface area (Å²) in [6.45, 7) is 2.41. The normalized spacial score (nSPS) is 15.4. The van der Waals surface area contributed by atoms with Crippen LogP contribution in [0.1, 0.15) is 25.0 Å². The third-order valence-corrected chi connectivity index (χ3v) is 2.69. The van der Waals surface area contributed by atoms with Crippen molar-refractivity contribution in [3.8, 4) is 0 Å². The molecular formula is C12H16N4O2. The SMILES string of the molecule is Cc1cccc(NC(=O)NN2CCCCC2=O)n1. The Morgan fingerprint density at radius 3 is 2.94 bits per heavy atom. The van der Waals surface area contributed by atoms with Gasteiger partial charge in [0.2, 0.25) is 5.91 Å². The molecule has 1 fully saturated rings. The summed E-state index contributed by atoms with van der Waals surface area (Å²) in [5.41, 5.74) is 3.35. The molecule has 0 unspecified atom stereocenters. The van der Waals surface area contributed by atoms with Crippen molar-refractivity contribution in [1.29, 1.82) is 0 Å². The van der Waals surface area contributed by atoms with E-state index >= 15 is 0 Å². The number of carbonyl (C=O) groups excluding carboxylic acids is 2. The lowest BCUT2D eigenvalue weighted by molar-refractivity contribution is -0.135. The van der Waals surface area contributed by atoms with E-state index in [9.17, 15) is 9.59 Å². The Hall–Kier alpha value is -2.11. The minimum atomic E-state index is -0.441. The van der Waals surface area contributed by atoms with Gasteiger partial charge in [0, 0.05) is 18.7 Å². The summed E-state index contributed by atoms with van der Waals surface area (Å²) >= 11 is 0. The molecule has 6 heteroatoms. The molecule has 2 N–H and O–H groups in total. The first-order chi connectivity index (χ1) is 8.65. The predicted octanol–water partition coefficient (Wildman–Crippen LogP) is 1.44. The summed E-state index contributed by atoms with van der Waals surface area (Å²) in [7, 11) is 0. The standard InChI is InChI=1S/C12H16N4O2/c1-9-5-4-6-10(13-9)14-12(18)15-16-8-3-2-7-11(16)17/h4-6H,2-3,7-8H2,1H3,(H2,13,14,15,18). The van der Waals surface area contributed by atoms with Gasteiger partial charge in [-0.25, -0.2) is 15.2 Å². The average molecular weight is 248 g/mol. The summed E-state index contributed by atoms with van der Waals surface area (Å²) in [6.07, 6.45) is 2.29. The number of piperidine rings is 1. The van der Waals surface area contributed by atoms with Crippen LogP contribution in [0, 0.1) is 6.92 Å². The van der Waals surface area contributed by atoms with E-state index in [1.165, 1.54) is 5.01 Å². The Balaban J connectivity index is 1.90. The van der Waals surface area contributed by atoms with E-state index in [2.05, 4.69) is 15.7 Å². The van der Waals surface area contributed by atoms with Crippen molar-refractivity contribution in [2.24, 2.45) is 0 Å². The van der Waals surface area contributed by atoms with E-state index in [1.54, 1.807) is 6.07 Å². The molecule has 3 amide bonds. The summed E-state index contributed by atoms with van der Waals surface area (Å²) in [4.78, 5) is 27.3. The molecule has 6 nitrogen and oxygen atoms in total. The van der Waals surface area contributed by atoms with Crippen molar-refractivity contribution in [2.45, 2.75) is 26.2 Å². The third-order valence-electron chi connectivity index (χ3n) is 2.69. The number of anilines is 1. The number of urea groups is 1. The predicted molar refractivity (Wildman–Crippen MR) is 66.7 cm³/mol. The highest BCUT2D eigenvalue weighted by Gasteiger charge is 2.19. The van der Waals surface area contributed by atoms with Crippen molar-refractivity contribution in [1.82, 2.24) is 15.4 Å². The van der Waals surface area contributed by atoms with Crippen molar-refractivity contribution in [3.63, 3.8) is 0 Å². The fourth-order valence-electron chi connectivity index (χ4n) is 1.80. The Labute approximate surface area is 105 Å². The quantitative estimate of drug-likeness (QED) is 0.831. The highest BCUT2D eigenvalue weighted by atomic mass is 16.2. The number of hydrogen-bond acceptors (Lipinski definition) is 3. The zero-order chi connectivity index (χ0) is 13.0. The zero-order valence-electron chi connectivity index (χ0n) is 10.3. The largest absolute Gasteiger partial charge is 0.339 e. The number of pyridine rings is 1. The number of amides is 3. The number of nitrogens with one attached hydrogen (secondary N) is 2. The number of nitrogens with zero attached hydrogens (tertiary/aromatic N) is 2. The second-order valence-electron chi connectivity index (χ2n) is 4.23. The minimum Gasteiger partial charge on any atom is -0.291 e. The molecule has 0 radical (unpaired) electrons. The molecule has 1 aliphatic heterocycles. The molecule has 0 spiro atoms. The first-order valence-electron chi connectivity index (χ1n) is 5.97. The number of aromatic nitrogens is 1. The van der Waals surface area contributed by atoms with Gasteiger partial charge in [-0.05, 0) is 31.9 Å². The molecule has 18 heavy (non-hydrogen) atoms. The van der Waals surface area contributed by atoms with Crippen LogP contribution in [0.4, 0.5) is 10.6 Å². The van der Waals surface area contributed by atoms with E-state index in [4.69, 9.17) is 0 Å². The topological polar surface area (TPSA) is 74.3 Å². The minimum absolute atomic E-state index is 0.0476. The van der Waals surface area contributed by atoms with Gasteiger partial charge in [-0.1, -0.05) is 6.07 Å². The van der Waals surface area contributed by atoms with Crippen LogP contribution >= 0.6 is 0 Å². The van der Waals surface area contributed by atoms with E-state index in [0.717, 1.165) is 18.5 Å². The zero-order valence-corrected chi connectivity index (χ0v) is 10.3. The molecule has 0 aliphatic carbocycles. The van der Waals surface area contributed by atoms with E-state index in [1.807, 2.05) is 19.1 Å². The molecule has 1 saturated heterocycles. The molecule has 0 bridgehead atoms. The molecule has 2 rings (SSSR count). The van der Waals surface area contributed by atoms with E-state index < -0.39 is 6.03 Å². The van der Waals surface area contributed by atoms with Gasteiger partial charge in [-0.3, -0.25) is 15.1 Å². The third kappa shape index (κ3) is 3.19. The summed E-state index contributed by atoms with van der Waals surface area (Å²) in [5.74, 6) is 0.422. The molecule has 1 aromatic heterocycles. The molecule has 96 valence electrons. The summed E-state index contributed by atoms with van der Waals surface area (Å²) < 4.78 is 0. The maximum absolute atomic E-state index is 11.7. The Morgan fingerprint density at radius 2 is 2.22 bits per heavy atom. The van der Waals surface area contributed by atoms with Gasteiger partial charge in [0.05, 0.1) is 0 Å². The van der Waals surface area contributed by atoms with Crippen LogP contribution in [0.2, 0.25) is 0 Å². The Kier molecular flexibility index (Phi) is 3.76. The average Bonchev–Trinajstić information content (AvgIpc) is 2.32. The summed E-state index contributed by atoms with van der Waals surface area (Å²) in [6, 6.07) is 4.91. The highest BCUT2D eigenvalue weighted by molar-refractivity contribution is 5.90. The van der Waals surface area contributed by atoms with Crippen LogP contribution in [0.25, 0.3) is 0 Å². The first-order valence-corrected chi connectivity index (χ1v) is 5.97. The van der Waals surface area contributed by atoms with Crippen LogP contribution in [0.15, 0.2) is 18.2 Å². The molecule has 0 atom stereocenters. The van der Waals surface area contributed by atoms with Crippen LogP contribution in [0.5, 0.6) is 0 Å². The first kappa shape index (κ1) is 12.3. The molecular weight excluding hydrogens is 232 g/mol. The van der Waals surface area contributed by atoms with E-state index in [-0.39, 0.29) is 5.91 Å². The molecule has 1 aliphatic rings. The van der Waals surface area contributed by atoms with Gasteiger partial charge < -0.3 is 0 Å². The van der Waals surface area contributed by atoms with Crippen molar-refractivity contribution in [2.75, 3.05) is 11.9 Å². The smallest absolute Gasteiger partial charge is 0.291 e. The van der Waals surface area contributed by atoms with Crippen molar-refractivity contribution >= 4 is 17.8 Å². The Bertz CT molecular complexity index is 461. The fraction of sp³-hybridized carbons (Fsp3) is 0.417. The monoisotopic (exact) mass is 248 g/mol. The molecule has 1 aromatic rings. The van der Waals surface area contributed by atoms with Gasteiger partial charge in [0.25, 0.3) is 0 Å². The van der Waals surface area contributed by atoms with Gasteiger partial charge in [-0.15, -0.1) is 0 Å². The second kappa shape index (κ2) is 5.48. The van der Waals surface area contributed by atoms with Gasteiger partial charge >= 0.3 is 6.03 Å². The lowest BCUT2D eigenvalue weighted by atomic mass is 10.1. The van der Waals surface area contributed by atoms with Gasteiger partial charge in [-0.2, -0.15) is 0 Å². The highest BCUT2D eigenvalue weighted by Crippen LogP contribution is 2.08. The van der Waals surface area contributed by atoms with Gasteiger partial charge in [0.15, 0.2) is 0 Å². The molecule has 0 saturated carbocycles. The summed E-state index contributed by atoms with van der Waals surface area (Å²) in [5, 5.41) is 3.95. The maximum Gasteiger partial charge on any atom is 0.339 e. The lowest BCUT2D eigenvalue weighted by Crippen LogP contribution is -2.49. The van der Waals surface area contributed by atoms with Crippen molar-refractivity contribution in [3.05, 3.63) is 23.9 Å². The maximum atomic E-state index is 11.7. The number of hydrazine groups is 1. The van der Waals surface area contributed by atoms with Crippen LogP contribution in [-0.2, 0) is 4.79 Å². The van der Waals surface area contributed by atoms with Crippen molar-refractivity contribution < 1.29 is 9.59 Å². The fourth-order valence-corrected chi connectivity index (χ4v) is 1.80. The molecule has 0 aromatic carbocycles. The number of hydrogen-bond donors (Lipinski definition) is 2. The van der Waals surface area contributed by atoms with Crippen LogP contribution in [0.3, 0.4) is 0 Å². The number of carbonyl (C=O) groups is 2. The number of rotatable bonds is 2. The van der Waals surface area contributed by atoms with Gasteiger partial charge in [0.1, 0.15) is 5.82 Å². The Morgan fingerprint density at radius 1 is 1.39 bits per heavy atom. The van der Waals surface area contributed by atoms with E-state index in [0.29, 0.717) is 18.8 Å². The second-order valence-corrected chi connectivity index (χ2v) is 4.23. The molecule has 2 heterocycles. The van der Waals surface area contributed by atoms with Crippen LogP contribution in [-0.4, -0.2) is 28.5 Å². The lowest BCUT2D eigenvalue weighted by Gasteiger charge is -2.26. The van der Waals surface area contributed by atoms with Crippen LogP contribution < -0.4 is 10.7 Å². The number of aryl methyl sites for hydroxylation is 1.